The van der Waals surface area contributed by atoms with E-state index in [9.17, 15) is 22.8 Å². The number of alkyl halides is 3. The SMILES string of the molecule is COC(=O)c1c(C)[nH]c(C(=O)C(C)N2CCN(CCCOCC(F)(F)F)CC2)c1C. The van der Waals surface area contributed by atoms with Gasteiger partial charge in [-0.3, -0.25) is 9.69 Å². The van der Waals surface area contributed by atoms with E-state index in [1.165, 1.54) is 7.11 Å². The number of Topliss-reactive ketones (excluding diaryl/α,β-unsaturated/α-hetero) is 1. The highest BCUT2D eigenvalue weighted by Crippen LogP contribution is 2.22. The molecule has 0 aliphatic carbocycles. The van der Waals surface area contributed by atoms with Crippen LogP contribution in [0.2, 0.25) is 0 Å². The first-order valence-corrected chi connectivity index (χ1v) is 9.97. The van der Waals surface area contributed by atoms with E-state index >= 15 is 0 Å². The molecule has 1 aromatic heterocycles. The van der Waals surface area contributed by atoms with Gasteiger partial charge in [-0.15, -0.1) is 0 Å². The fourth-order valence-electron chi connectivity index (χ4n) is 3.73. The van der Waals surface area contributed by atoms with Crippen LogP contribution in [0.25, 0.3) is 0 Å². The van der Waals surface area contributed by atoms with E-state index in [0.29, 0.717) is 48.6 Å². The van der Waals surface area contributed by atoms with E-state index in [4.69, 9.17) is 4.74 Å². The Morgan fingerprint density at radius 1 is 1.17 bits per heavy atom. The molecule has 0 radical (unpaired) electrons. The van der Waals surface area contributed by atoms with Gasteiger partial charge in [0, 0.05) is 45.0 Å². The van der Waals surface area contributed by atoms with E-state index in [-0.39, 0.29) is 18.4 Å². The highest BCUT2D eigenvalue weighted by molar-refractivity contribution is 6.03. The summed E-state index contributed by atoms with van der Waals surface area (Å²) in [4.78, 5) is 32.2. The number of hydrogen-bond acceptors (Lipinski definition) is 6. The van der Waals surface area contributed by atoms with Gasteiger partial charge in [0.1, 0.15) is 6.61 Å². The Bertz CT molecular complexity index is 740. The van der Waals surface area contributed by atoms with Crippen LogP contribution in [0.5, 0.6) is 0 Å². The summed E-state index contributed by atoms with van der Waals surface area (Å²) in [6.07, 6.45) is -3.76. The van der Waals surface area contributed by atoms with Crippen molar-refractivity contribution in [1.82, 2.24) is 14.8 Å². The molecule has 1 aliphatic rings. The molecular weight excluding hydrogens is 403 g/mol. The number of aromatic amines is 1. The highest BCUT2D eigenvalue weighted by Gasteiger charge is 2.30. The summed E-state index contributed by atoms with van der Waals surface area (Å²) in [6, 6.07) is -0.357. The van der Waals surface area contributed by atoms with Gasteiger partial charge in [0.15, 0.2) is 5.78 Å². The van der Waals surface area contributed by atoms with E-state index in [1.54, 1.807) is 13.8 Å². The summed E-state index contributed by atoms with van der Waals surface area (Å²) in [7, 11) is 1.31. The molecule has 1 aliphatic heterocycles. The Kier molecular flexibility index (Phi) is 8.45. The first-order valence-electron chi connectivity index (χ1n) is 9.97. The maximum absolute atomic E-state index is 13.0. The number of esters is 1. The molecule has 7 nitrogen and oxygen atoms in total. The van der Waals surface area contributed by atoms with Crippen molar-refractivity contribution in [2.75, 3.05) is 53.0 Å². The second kappa shape index (κ2) is 10.4. The number of nitrogens with one attached hydrogen (secondary N) is 1. The second-order valence-corrected chi connectivity index (χ2v) is 7.56. The number of carbonyl (C=O) groups excluding carboxylic acids is 2. The molecule has 1 N–H and O–H groups in total. The zero-order valence-corrected chi connectivity index (χ0v) is 17.9. The fourth-order valence-corrected chi connectivity index (χ4v) is 3.73. The zero-order valence-electron chi connectivity index (χ0n) is 17.9. The van der Waals surface area contributed by atoms with Crippen LogP contribution < -0.4 is 0 Å². The molecule has 30 heavy (non-hydrogen) atoms. The maximum atomic E-state index is 13.0. The van der Waals surface area contributed by atoms with Crippen LogP contribution in [0.15, 0.2) is 0 Å². The van der Waals surface area contributed by atoms with Gasteiger partial charge in [0.05, 0.1) is 24.4 Å². The first-order chi connectivity index (χ1) is 14.0. The highest BCUT2D eigenvalue weighted by atomic mass is 19.4. The van der Waals surface area contributed by atoms with Crippen LogP contribution in [0, 0.1) is 13.8 Å². The van der Waals surface area contributed by atoms with Crippen LogP contribution in [0.4, 0.5) is 13.2 Å². The van der Waals surface area contributed by atoms with Crippen LogP contribution in [-0.2, 0) is 9.47 Å². The minimum Gasteiger partial charge on any atom is -0.465 e. The number of ether oxygens (including phenoxy) is 2. The Labute approximate surface area is 174 Å². The summed E-state index contributed by atoms with van der Waals surface area (Å²) in [5.74, 6) is -0.555. The van der Waals surface area contributed by atoms with Gasteiger partial charge in [0.2, 0.25) is 0 Å². The number of piperazine rings is 1. The molecule has 1 aromatic rings. The summed E-state index contributed by atoms with van der Waals surface area (Å²) in [6.45, 7) is 7.64. The van der Waals surface area contributed by atoms with Crippen molar-refractivity contribution in [1.29, 1.82) is 0 Å². The zero-order chi connectivity index (χ0) is 22.5. The number of ketones is 1. The lowest BCUT2D eigenvalue weighted by Gasteiger charge is -2.37. The topological polar surface area (TPSA) is 74.9 Å². The van der Waals surface area contributed by atoms with Crippen molar-refractivity contribution in [3.63, 3.8) is 0 Å². The molecule has 0 spiro atoms. The number of aryl methyl sites for hydroxylation is 1. The molecule has 1 fully saturated rings. The summed E-state index contributed by atoms with van der Waals surface area (Å²) in [5, 5.41) is 0. The van der Waals surface area contributed by atoms with Crippen LogP contribution >= 0.6 is 0 Å². The maximum Gasteiger partial charge on any atom is 0.411 e. The van der Waals surface area contributed by atoms with Gasteiger partial charge in [-0.2, -0.15) is 13.2 Å². The van der Waals surface area contributed by atoms with Crippen LogP contribution in [0.3, 0.4) is 0 Å². The first kappa shape index (κ1) is 24.4. The van der Waals surface area contributed by atoms with Crippen molar-refractivity contribution < 1.29 is 32.2 Å². The number of hydrogen-bond donors (Lipinski definition) is 1. The second-order valence-electron chi connectivity index (χ2n) is 7.56. The predicted octanol–water partition coefficient (Wildman–Crippen LogP) is 2.58. The molecule has 2 heterocycles. The third-order valence-corrected chi connectivity index (χ3v) is 5.44. The molecule has 2 rings (SSSR count). The van der Waals surface area contributed by atoms with Gasteiger partial charge < -0.3 is 19.4 Å². The van der Waals surface area contributed by atoms with Gasteiger partial charge >= 0.3 is 12.1 Å². The summed E-state index contributed by atoms with van der Waals surface area (Å²) >= 11 is 0. The average molecular weight is 433 g/mol. The predicted molar refractivity (Wildman–Crippen MR) is 105 cm³/mol. The number of rotatable bonds is 9. The molecule has 0 bridgehead atoms. The van der Waals surface area contributed by atoms with E-state index < -0.39 is 18.8 Å². The molecule has 0 amide bonds. The Balaban J connectivity index is 1.83. The standard InChI is InChI=1S/C20H30F3N3O4/c1-13-16(19(28)29-4)14(2)24-17(13)18(27)15(3)26-9-7-25(8-10-26)6-5-11-30-12-20(21,22)23/h15,24H,5-12H2,1-4H3. The van der Waals surface area contributed by atoms with Gasteiger partial charge in [0.25, 0.3) is 0 Å². The van der Waals surface area contributed by atoms with Crippen molar-refractivity contribution >= 4 is 11.8 Å². The van der Waals surface area contributed by atoms with Crippen molar-refractivity contribution in [2.45, 2.75) is 39.4 Å². The number of nitrogens with zero attached hydrogens (tertiary/aromatic N) is 2. The Morgan fingerprint density at radius 2 is 1.80 bits per heavy atom. The molecule has 10 heteroatoms. The molecule has 1 unspecified atom stereocenters. The molecule has 1 atom stereocenters. The Hall–Kier alpha value is -1.91. The van der Waals surface area contributed by atoms with Gasteiger partial charge in [-0.1, -0.05) is 0 Å². The fraction of sp³-hybridized carbons (Fsp3) is 0.700. The normalized spacial score (nSPS) is 17.2. The number of carbonyl (C=O) groups is 2. The van der Waals surface area contributed by atoms with Crippen molar-refractivity contribution in [3.05, 3.63) is 22.5 Å². The lowest BCUT2D eigenvalue weighted by molar-refractivity contribution is -0.174. The molecule has 0 aromatic carbocycles. The molecular formula is C20H30F3N3O4. The number of halogens is 3. The van der Waals surface area contributed by atoms with Crippen molar-refractivity contribution in [3.8, 4) is 0 Å². The largest absolute Gasteiger partial charge is 0.465 e. The van der Waals surface area contributed by atoms with E-state index in [2.05, 4.69) is 19.5 Å². The third-order valence-electron chi connectivity index (χ3n) is 5.44. The van der Waals surface area contributed by atoms with Crippen LogP contribution in [-0.4, -0.2) is 91.8 Å². The third kappa shape index (κ3) is 6.29. The monoisotopic (exact) mass is 433 g/mol. The van der Waals surface area contributed by atoms with E-state index in [1.807, 2.05) is 6.92 Å². The molecule has 1 saturated heterocycles. The van der Waals surface area contributed by atoms with Crippen molar-refractivity contribution in [2.24, 2.45) is 0 Å². The summed E-state index contributed by atoms with van der Waals surface area (Å²) in [5.41, 5.74) is 2.01. The Morgan fingerprint density at radius 3 is 2.37 bits per heavy atom. The lowest BCUT2D eigenvalue weighted by atomic mass is 10.0. The average Bonchev–Trinajstić information content (AvgIpc) is 2.99. The number of aromatic nitrogens is 1. The van der Waals surface area contributed by atoms with Gasteiger partial charge in [-0.05, 0) is 32.8 Å². The van der Waals surface area contributed by atoms with Crippen LogP contribution in [0.1, 0.15) is 45.4 Å². The lowest BCUT2D eigenvalue weighted by Crippen LogP contribution is -2.52. The number of H-pyrrole nitrogens is 1. The van der Waals surface area contributed by atoms with E-state index in [0.717, 1.165) is 13.1 Å². The smallest absolute Gasteiger partial charge is 0.411 e. The summed E-state index contributed by atoms with van der Waals surface area (Å²) < 4.78 is 45.6. The molecule has 0 saturated carbocycles. The number of methoxy groups -OCH3 is 1. The quantitative estimate of drug-likeness (QED) is 0.367. The molecule has 170 valence electrons. The minimum atomic E-state index is -4.29. The van der Waals surface area contributed by atoms with Gasteiger partial charge in [-0.25, -0.2) is 4.79 Å². The minimum absolute atomic E-state index is 0.0720.